The first-order valence-corrected chi connectivity index (χ1v) is 9.08. The number of aromatic nitrogens is 2. The number of benzene rings is 1. The maximum atomic E-state index is 12.8. The van der Waals surface area contributed by atoms with E-state index >= 15 is 0 Å². The predicted octanol–water partition coefficient (Wildman–Crippen LogP) is 3.41. The highest BCUT2D eigenvalue weighted by Crippen LogP contribution is 2.31. The Kier molecular flexibility index (Phi) is 4.58. The molecular formula is C20H20N4O3. The molecule has 7 heteroatoms. The van der Waals surface area contributed by atoms with Crippen LogP contribution in [0.3, 0.4) is 0 Å². The lowest BCUT2D eigenvalue weighted by Gasteiger charge is -2.33. The van der Waals surface area contributed by atoms with Gasteiger partial charge in [0.05, 0.1) is 4.92 Å². The van der Waals surface area contributed by atoms with Gasteiger partial charge in [-0.05, 0) is 36.5 Å². The van der Waals surface area contributed by atoms with Crippen molar-refractivity contribution in [2.45, 2.75) is 25.8 Å². The highest BCUT2D eigenvalue weighted by molar-refractivity contribution is 5.61. The largest absolute Gasteiger partial charge is 0.376 e. The highest BCUT2D eigenvalue weighted by Gasteiger charge is 2.30. The lowest BCUT2D eigenvalue weighted by molar-refractivity contribution is -0.385. The quantitative estimate of drug-likeness (QED) is 0.495. The summed E-state index contributed by atoms with van der Waals surface area (Å²) in [5.41, 5.74) is 0.331. The van der Waals surface area contributed by atoms with Crippen molar-refractivity contribution in [3.63, 3.8) is 0 Å². The summed E-state index contributed by atoms with van der Waals surface area (Å²) in [7, 11) is 0. The zero-order valence-electron chi connectivity index (χ0n) is 14.8. The Morgan fingerprint density at radius 2 is 1.89 bits per heavy atom. The number of pyridine rings is 1. The Morgan fingerprint density at radius 3 is 2.56 bits per heavy atom. The van der Waals surface area contributed by atoms with Crippen molar-refractivity contribution in [1.29, 1.82) is 0 Å². The summed E-state index contributed by atoms with van der Waals surface area (Å²) in [4.78, 5) is 30.3. The number of rotatable bonds is 6. The van der Waals surface area contributed by atoms with Crippen molar-refractivity contribution < 1.29 is 4.92 Å². The van der Waals surface area contributed by atoms with Gasteiger partial charge in [0.2, 0.25) is 5.82 Å². The normalized spacial score (nSPS) is 14.1. The van der Waals surface area contributed by atoms with Crippen molar-refractivity contribution in [2.24, 2.45) is 5.92 Å². The first-order chi connectivity index (χ1) is 13.1. The molecule has 0 spiro atoms. The Labute approximate surface area is 156 Å². The molecule has 1 aliphatic rings. The molecule has 2 heterocycles. The zero-order valence-corrected chi connectivity index (χ0v) is 14.8. The van der Waals surface area contributed by atoms with E-state index in [2.05, 4.69) is 4.98 Å². The summed E-state index contributed by atoms with van der Waals surface area (Å²) < 4.78 is 1.23. The second-order valence-electron chi connectivity index (χ2n) is 6.94. The van der Waals surface area contributed by atoms with Gasteiger partial charge in [-0.25, -0.2) is 4.98 Å². The van der Waals surface area contributed by atoms with E-state index in [9.17, 15) is 14.9 Å². The monoisotopic (exact) mass is 364 g/mol. The fraction of sp³-hybridized carbons (Fsp3) is 0.300. The molecule has 1 fully saturated rings. The van der Waals surface area contributed by atoms with Crippen LogP contribution in [0, 0.1) is 16.0 Å². The number of fused-ring (bicyclic) bond motifs is 1. The van der Waals surface area contributed by atoms with Gasteiger partial charge in [0.25, 0.3) is 0 Å². The van der Waals surface area contributed by atoms with Crippen LogP contribution in [0.25, 0.3) is 5.65 Å². The van der Waals surface area contributed by atoms with Gasteiger partial charge in [0, 0.05) is 19.3 Å². The van der Waals surface area contributed by atoms with Crippen LogP contribution in [0.2, 0.25) is 0 Å². The Hall–Kier alpha value is -3.22. The van der Waals surface area contributed by atoms with Gasteiger partial charge in [0.15, 0.2) is 0 Å². The molecule has 1 aliphatic carbocycles. The average Bonchev–Trinajstić information content (AvgIpc) is 2.64. The maximum absolute atomic E-state index is 12.8. The van der Waals surface area contributed by atoms with Crippen LogP contribution < -0.4 is 10.5 Å². The molecule has 7 nitrogen and oxygen atoms in total. The van der Waals surface area contributed by atoms with Gasteiger partial charge in [0.1, 0.15) is 5.65 Å². The molecule has 0 unspecified atom stereocenters. The second-order valence-corrected chi connectivity index (χ2v) is 6.94. The van der Waals surface area contributed by atoms with E-state index in [1.54, 1.807) is 18.2 Å². The van der Waals surface area contributed by atoms with E-state index in [0.717, 1.165) is 18.4 Å². The molecule has 1 aromatic carbocycles. The molecule has 2 aromatic heterocycles. The summed E-state index contributed by atoms with van der Waals surface area (Å²) in [5, 5.41) is 11.7. The first kappa shape index (κ1) is 17.2. The van der Waals surface area contributed by atoms with Crippen LogP contribution in [0.1, 0.15) is 24.8 Å². The Bertz CT molecular complexity index is 1030. The minimum Gasteiger partial charge on any atom is -0.346 e. The number of hydrogen-bond acceptors (Lipinski definition) is 5. The van der Waals surface area contributed by atoms with Crippen LogP contribution in [-0.4, -0.2) is 20.9 Å². The van der Waals surface area contributed by atoms with Crippen molar-refractivity contribution in [3.05, 3.63) is 80.8 Å². The van der Waals surface area contributed by atoms with Gasteiger partial charge in [-0.2, -0.15) is 0 Å². The number of nitrogens with zero attached hydrogens (tertiary/aromatic N) is 4. The van der Waals surface area contributed by atoms with Crippen LogP contribution in [0.4, 0.5) is 11.5 Å². The molecule has 0 radical (unpaired) electrons. The zero-order chi connectivity index (χ0) is 18.8. The van der Waals surface area contributed by atoms with Crippen molar-refractivity contribution in [3.8, 4) is 0 Å². The topological polar surface area (TPSA) is 80.8 Å². The second kappa shape index (κ2) is 7.19. The lowest BCUT2D eigenvalue weighted by Crippen LogP contribution is -2.35. The number of nitro groups is 1. The number of anilines is 1. The Morgan fingerprint density at radius 1 is 1.15 bits per heavy atom. The lowest BCUT2D eigenvalue weighted by atomic mass is 9.85. The van der Waals surface area contributed by atoms with Gasteiger partial charge in [-0.15, -0.1) is 0 Å². The molecule has 4 rings (SSSR count). The fourth-order valence-corrected chi connectivity index (χ4v) is 3.47. The summed E-state index contributed by atoms with van der Waals surface area (Å²) >= 11 is 0. The SMILES string of the molecule is O=c1c([N+](=O)[O-])c(N(Cc2ccccc2)CC2CCC2)nc2ccccn12. The molecule has 0 aliphatic heterocycles. The Balaban J connectivity index is 1.84. The summed E-state index contributed by atoms with van der Waals surface area (Å²) in [6.07, 6.45) is 4.89. The van der Waals surface area contributed by atoms with Crippen molar-refractivity contribution in [1.82, 2.24) is 9.38 Å². The summed E-state index contributed by atoms with van der Waals surface area (Å²) in [5.74, 6) is 0.635. The third-order valence-corrected chi connectivity index (χ3v) is 5.09. The van der Waals surface area contributed by atoms with Gasteiger partial charge < -0.3 is 4.90 Å². The first-order valence-electron chi connectivity index (χ1n) is 9.08. The van der Waals surface area contributed by atoms with Crippen molar-refractivity contribution >= 4 is 17.2 Å². The summed E-state index contributed by atoms with van der Waals surface area (Å²) in [6.45, 7) is 1.14. The fourth-order valence-electron chi connectivity index (χ4n) is 3.47. The van der Waals surface area contributed by atoms with E-state index in [1.807, 2.05) is 35.2 Å². The standard InChI is InChI=1S/C20H20N4O3/c25-20-18(24(26)27)19(21-17-11-4-5-12-23(17)20)22(14-16-9-6-10-16)13-15-7-2-1-3-8-15/h1-5,7-8,11-12,16H,6,9-10,13-14H2. The van der Waals surface area contributed by atoms with Gasteiger partial charge in [-0.3, -0.25) is 19.3 Å². The molecule has 0 saturated heterocycles. The molecule has 0 N–H and O–H groups in total. The summed E-state index contributed by atoms with van der Waals surface area (Å²) in [6, 6.07) is 14.9. The smallest absolute Gasteiger partial charge is 0.346 e. The van der Waals surface area contributed by atoms with Crippen LogP contribution >= 0.6 is 0 Å². The third kappa shape index (κ3) is 3.40. The molecule has 0 amide bonds. The van der Waals surface area contributed by atoms with E-state index in [-0.39, 0.29) is 5.82 Å². The molecule has 138 valence electrons. The molecule has 0 atom stereocenters. The van der Waals surface area contributed by atoms with E-state index in [0.29, 0.717) is 24.7 Å². The number of hydrogen-bond donors (Lipinski definition) is 0. The molecule has 3 aromatic rings. The van der Waals surface area contributed by atoms with Crippen molar-refractivity contribution in [2.75, 3.05) is 11.4 Å². The minimum absolute atomic E-state index is 0.159. The van der Waals surface area contributed by atoms with E-state index < -0.39 is 16.2 Å². The van der Waals surface area contributed by atoms with Gasteiger partial charge >= 0.3 is 11.2 Å². The molecular weight excluding hydrogens is 344 g/mol. The maximum Gasteiger partial charge on any atom is 0.376 e. The van der Waals surface area contributed by atoms with Crippen LogP contribution in [0.15, 0.2) is 59.5 Å². The van der Waals surface area contributed by atoms with E-state index in [4.69, 9.17) is 0 Å². The third-order valence-electron chi connectivity index (χ3n) is 5.09. The minimum atomic E-state index is -0.646. The van der Waals surface area contributed by atoms with E-state index in [1.165, 1.54) is 17.0 Å². The predicted molar refractivity (Wildman–Crippen MR) is 103 cm³/mol. The van der Waals surface area contributed by atoms with Crippen LogP contribution in [0.5, 0.6) is 0 Å². The average molecular weight is 364 g/mol. The highest BCUT2D eigenvalue weighted by atomic mass is 16.6. The molecule has 1 saturated carbocycles. The van der Waals surface area contributed by atoms with Gasteiger partial charge in [-0.1, -0.05) is 42.8 Å². The molecule has 0 bridgehead atoms. The molecule has 27 heavy (non-hydrogen) atoms. The van der Waals surface area contributed by atoms with Crippen LogP contribution in [-0.2, 0) is 6.54 Å².